The molecule has 5 heteroatoms. The Hall–Kier alpha value is -1.91. The van der Waals surface area contributed by atoms with Crippen LogP contribution in [0.3, 0.4) is 0 Å². The van der Waals surface area contributed by atoms with E-state index in [-0.39, 0.29) is 5.91 Å². The van der Waals surface area contributed by atoms with E-state index in [1.807, 2.05) is 0 Å². The summed E-state index contributed by atoms with van der Waals surface area (Å²) in [4.78, 5) is 26.0. The summed E-state index contributed by atoms with van der Waals surface area (Å²) in [5.74, 6) is -1.22. The zero-order valence-electron chi connectivity index (χ0n) is 11.9. The van der Waals surface area contributed by atoms with Crippen molar-refractivity contribution in [1.29, 1.82) is 0 Å². The van der Waals surface area contributed by atoms with Gasteiger partial charge in [-0.15, -0.1) is 0 Å². The van der Waals surface area contributed by atoms with Gasteiger partial charge >= 0.3 is 5.97 Å². The smallest absolute Gasteiger partial charge is 0.331 e. The number of methoxy groups -OCH3 is 1. The Morgan fingerprint density at radius 1 is 1.40 bits per heavy atom. The topological polar surface area (TPSA) is 46.6 Å². The standard InChI is InChI=1S/C15H18FNO3/c1-10-5-6-11(16)9-12(10)13(18)17-8-4-7-15(17,2)14(19)20-3/h5-6,9H,4,7-8H2,1-3H3/t15-/m1/s1. The fraction of sp³-hybridized carbons (Fsp3) is 0.467. The number of hydrogen-bond donors (Lipinski definition) is 0. The first-order valence-electron chi connectivity index (χ1n) is 6.56. The maximum atomic E-state index is 13.3. The predicted molar refractivity (Wildman–Crippen MR) is 71.8 cm³/mol. The van der Waals surface area contributed by atoms with Gasteiger partial charge in [-0.25, -0.2) is 9.18 Å². The monoisotopic (exact) mass is 279 g/mol. The van der Waals surface area contributed by atoms with Gasteiger partial charge in [-0.3, -0.25) is 4.79 Å². The van der Waals surface area contributed by atoms with Crippen molar-refractivity contribution in [3.05, 3.63) is 35.1 Å². The molecule has 1 aliphatic rings. The minimum atomic E-state index is -0.968. The summed E-state index contributed by atoms with van der Waals surface area (Å²) in [5.41, 5.74) is 0.0162. The Morgan fingerprint density at radius 2 is 2.10 bits per heavy atom. The maximum absolute atomic E-state index is 13.3. The molecule has 0 unspecified atom stereocenters. The maximum Gasteiger partial charge on any atom is 0.331 e. The van der Waals surface area contributed by atoms with Gasteiger partial charge in [-0.2, -0.15) is 0 Å². The molecule has 0 aromatic heterocycles. The Labute approximate surface area is 117 Å². The van der Waals surface area contributed by atoms with E-state index in [9.17, 15) is 14.0 Å². The molecule has 108 valence electrons. The highest BCUT2D eigenvalue weighted by molar-refractivity contribution is 5.99. The lowest BCUT2D eigenvalue weighted by Crippen LogP contribution is -2.51. The van der Waals surface area contributed by atoms with Crippen molar-refractivity contribution in [3.63, 3.8) is 0 Å². The number of rotatable bonds is 2. The largest absolute Gasteiger partial charge is 0.467 e. The van der Waals surface area contributed by atoms with Crippen LogP contribution in [0.2, 0.25) is 0 Å². The third-order valence-corrected chi connectivity index (χ3v) is 3.94. The fourth-order valence-electron chi connectivity index (χ4n) is 2.69. The molecule has 1 aromatic carbocycles. The van der Waals surface area contributed by atoms with Crippen molar-refractivity contribution >= 4 is 11.9 Å². The van der Waals surface area contributed by atoms with E-state index < -0.39 is 17.3 Å². The molecule has 1 fully saturated rings. The highest BCUT2D eigenvalue weighted by atomic mass is 19.1. The van der Waals surface area contributed by atoms with Crippen LogP contribution in [0.25, 0.3) is 0 Å². The van der Waals surface area contributed by atoms with E-state index >= 15 is 0 Å². The molecule has 0 radical (unpaired) electrons. The Kier molecular flexibility index (Phi) is 3.79. The lowest BCUT2D eigenvalue weighted by molar-refractivity contribution is -0.151. The third-order valence-electron chi connectivity index (χ3n) is 3.94. The molecule has 2 rings (SSSR count). The van der Waals surface area contributed by atoms with Gasteiger partial charge in [0.2, 0.25) is 0 Å². The molecule has 1 amide bonds. The molecule has 0 N–H and O–H groups in total. The fourth-order valence-corrected chi connectivity index (χ4v) is 2.69. The Balaban J connectivity index is 2.37. The van der Waals surface area contributed by atoms with Gasteiger partial charge in [0.15, 0.2) is 0 Å². The number of aryl methyl sites for hydroxylation is 1. The molecule has 20 heavy (non-hydrogen) atoms. The molecule has 0 spiro atoms. The highest BCUT2D eigenvalue weighted by Gasteiger charge is 2.47. The lowest BCUT2D eigenvalue weighted by atomic mass is 9.97. The summed E-state index contributed by atoms with van der Waals surface area (Å²) in [6.45, 7) is 3.91. The van der Waals surface area contributed by atoms with Gasteiger partial charge in [0, 0.05) is 12.1 Å². The van der Waals surface area contributed by atoms with Crippen LogP contribution in [0.5, 0.6) is 0 Å². The van der Waals surface area contributed by atoms with Crippen LogP contribution in [0.15, 0.2) is 18.2 Å². The normalized spacial score (nSPS) is 21.9. The van der Waals surface area contributed by atoms with Crippen molar-refractivity contribution in [2.45, 2.75) is 32.2 Å². The van der Waals surface area contributed by atoms with Gasteiger partial charge in [0.05, 0.1) is 7.11 Å². The third kappa shape index (κ3) is 2.28. The molecule has 4 nitrogen and oxygen atoms in total. The van der Waals surface area contributed by atoms with Crippen LogP contribution in [-0.2, 0) is 9.53 Å². The van der Waals surface area contributed by atoms with Crippen LogP contribution in [0.4, 0.5) is 4.39 Å². The molecule has 0 saturated carbocycles. The van der Waals surface area contributed by atoms with Crippen molar-refractivity contribution < 1.29 is 18.7 Å². The number of carbonyl (C=O) groups excluding carboxylic acids is 2. The molecular formula is C15H18FNO3. The summed E-state index contributed by atoms with van der Waals surface area (Å²) < 4.78 is 18.1. The molecule has 1 saturated heterocycles. The molecular weight excluding hydrogens is 261 g/mol. The number of hydrogen-bond acceptors (Lipinski definition) is 3. The number of esters is 1. The summed E-state index contributed by atoms with van der Waals surface area (Å²) >= 11 is 0. The van der Waals surface area contributed by atoms with Crippen molar-refractivity contribution in [3.8, 4) is 0 Å². The minimum absolute atomic E-state index is 0.294. The van der Waals surface area contributed by atoms with Crippen LogP contribution in [0.1, 0.15) is 35.7 Å². The number of benzene rings is 1. The van der Waals surface area contributed by atoms with E-state index in [2.05, 4.69) is 0 Å². The first kappa shape index (κ1) is 14.5. The quantitative estimate of drug-likeness (QED) is 0.780. The second-order valence-electron chi connectivity index (χ2n) is 5.29. The van der Waals surface area contributed by atoms with Crippen LogP contribution in [-0.4, -0.2) is 36.0 Å². The van der Waals surface area contributed by atoms with Gasteiger partial charge in [-0.1, -0.05) is 6.07 Å². The summed E-state index contributed by atoms with van der Waals surface area (Å²) in [5, 5.41) is 0. The van der Waals surface area contributed by atoms with Gasteiger partial charge in [0.1, 0.15) is 11.4 Å². The number of ether oxygens (including phenoxy) is 1. The Bertz CT molecular complexity index is 558. The van der Waals surface area contributed by atoms with E-state index in [0.717, 1.165) is 6.42 Å². The van der Waals surface area contributed by atoms with Crippen molar-refractivity contribution in [1.82, 2.24) is 4.90 Å². The average molecular weight is 279 g/mol. The number of nitrogens with zero attached hydrogens (tertiary/aromatic N) is 1. The summed E-state index contributed by atoms with van der Waals surface area (Å²) in [6, 6.07) is 4.09. The molecule has 1 aliphatic heterocycles. The van der Waals surface area contributed by atoms with Gasteiger partial charge < -0.3 is 9.64 Å². The van der Waals surface area contributed by atoms with Gasteiger partial charge in [-0.05, 0) is 44.4 Å². The molecule has 0 aliphatic carbocycles. The van der Waals surface area contributed by atoms with Crippen LogP contribution in [0, 0.1) is 12.7 Å². The summed E-state index contributed by atoms with van der Waals surface area (Å²) in [6.07, 6.45) is 1.28. The Morgan fingerprint density at radius 3 is 2.75 bits per heavy atom. The molecule has 0 bridgehead atoms. The first-order valence-corrected chi connectivity index (χ1v) is 6.56. The second-order valence-corrected chi connectivity index (χ2v) is 5.29. The van der Waals surface area contributed by atoms with Gasteiger partial charge in [0.25, 0.3) is 5.91 Å². The molecule has 1 atom stereocenters. The van der Waals surface area contributed by atoms with E-state index in [1.165, 1.54) is 24.1 Å². The number of carbonyl (C=O) groups is 2. The number of halogens is 1. The summed E-state index contributed by atoms with van der Waals surface area (Å²) in [7, 11) is 1.31. The predicted octanol–water partition coefficient (Wildman–Crippen LogP) is 2.30. The number of likely N-dealkylation sites (tertiary alicyclic amines) is 1. The second kappa shape index (κ2) is 5.23. The zero-order valence-corrected chi connectivity index (χ0v) is 11.9. The average Bonchev–Trinajstić information content (AvgIpc) is 2.83. The van der Waals surface area contributed by atoms with Crippen LogP contribution < -0.4 is 0 Å². The minimum Gasteiger partial charge on any atom is -0.467 e. The van der Waals surface area contributed by atoms with E-state index in [0.29, 0.717) is 24.1 Å². The first-order chi connectivity index (χ1) is 9.40. The highest BCUT2D eigenvalue weighted by Crippen LogP contribution is 2.32. The number of amides is 1. The SMILES string of the molecule is COC(=O)[C@@]1(C)CCCN1C(=O)c1cc(F)ccc1C. The lowest BCUT2D eigenvalue weighted by Gasteiger charge is -2.32. The van der Waals surface area contributed by atoms with E-state index in [4.69, 9.17) is 4.74 Å². The van der Waals surface area contributed by atoms with Crippen molar-refractivity contribution in [2.24, 2.45) is 0 Å². The van der Waals surface area contributed by atoms with Crippen LogP contribution >= 0.6 is 0 Å². The molecule has 1 heterocycles. The van der Waals surface area contributed by atoms with Crippen molar-refractivity contribution in [2.75, 3.05) is 13.7 Å². The molecule has 1 aromatic rings. The van der Waals surface area contributed by atoms with E-state index in [1.54, 1.807) is 19.9 Å². The zero-order chi connectivity index (χ0) is 14.9.